The molecule has 0 aliphatic rings. The molecule has 0 aliphatic carbocycles. The first-order valence-electron chi connectivity index (χ1n) is 20.1. The Bertz CT molecular complexity index is 1820. The van der Waals surface area contributed by atoms with Crippen LogP contribution in [0.25, 0.3) is 10.8 Å². The Labute approximate surface area is 345 Å². The van der Waals surface area contributed by atoms with Crippen molar-refractivity contribution in [3.8, 4) is 17.2 Å². The summed E-state index contributed by atoms with van der Waals surface area (Å²) in [6, 6.07) is 24.6. The van der Waals surface area contributed by atoms with Crippen LogP contribution in [0.5, 0.6) is 17.2 Å². The van der Waals surface area contributed by atoms with E-state index in [-0.39, 0.29) is 18.1 Å². The molecule has 0 aromatic heterocycles. The van der Waals surface area contributed by atoms with Crippen LogP contribution in [0.2, 0.25) is 0 Å². The standard InChI is InChI=1S/C45H62O12S/c1-35(2)39-9-6-10-40(36(3)4)45(39)56-33-29-52-25-21-48-19-23-50-27-31-54-43-13-7-12-42-41(43)11-8-14-44(42)55-32-28-51-24-20-49-22-26-53-30-34-57-58(46,47)38-17-15-37(5)16-18-38/h6-18,35-36H,19-34H2,1-5H3. The van der Waals surface area contributed by atoms with Gasteiger partial charge in [0.25, 0.3) is 10.1 Å². The third-order valence-corrected chi connectivity index (χ3v) is 10.2. The second-order valence-corrected chi connectivity index (χ2v) is 15.6. The molecule has 0 atom stereocenters. The van der Waals surface area contributed by atoms with E-state index in [0.717, 1.165) is 33.6 Å². The van der Waals surface area contributed by atoms with Gasteiger partial charge in [-0.1, -0.05) is 87.9 Å². The number of fused-ring (bicyclic) bond motifs is 1. The summed E-state index contributed by atoms with van der Waals surface area (Å²) >= 11 is 0. The molecule has 4 rings (SSSR count). The first-order valence-corrected chi connectivity index (χ1v) is 21.5. The van der Waals surface area contributed by atoms with Crippen LogP contribution in [0.4, 0.5) is 0 Å². The third kappa shape index (κ3) is 16.5. The molecule has 320 valence electrons. The summed E-state index contributed by atoms with van der Waals surface area (Å²) in [5.41, 5.74) is 3.43. The average molecular weight is 827 g/mol. The minimum atomic E-state index is -3.79. The molecule has 0 unspecified atom stereocenters. The van der Waals surface area contributed by atoms with Crippen LogP contribution in [-0.4, -0.2) is 114 Å². The van der Waals surface area contributed by atoms with Gasteiger partial charge in [0.2, 0.25) is 0 Å². The van der Waals surface area contributed by atoms with Gasteiger partial charge < -0.3 is 42.6 Å². The predicted molar refractivity (Wildman–Crippen MR) is 224 cm³/mol. The zero-order valence-electron chi connectivity index (χ0n) is 34.8. The molecule has 4 aromatic rings. The SMILES string of the molecule is Cc1ccc(S(=O)(=O)OCCOCCOCCOCCOc2cccc3c(OCCOCCOCCOCCOc4c(C(C)C)cccc4C(C)C)cccc23)cc1. The lowest BCUT2D eigenvalue weighted by Gasteiger charge is -2.20. The minimum absolute atomic E-state index is 0.0688. The van der Waals surface area contributed by atoms with E-state index in [1.54, 1.807) is 12.1 Å². The molecule has 0 spiro atoms. The van der Waals surface area contributed by atoms with E-state index >= 15 is 0 Å². The molecule has 0 amide bonds. The van der Waals surface area contributed by atoms with Crippen molar-refractivity contribution in [1.82, 2.24) is 0 Å². The van der Waals surface area contributed by atoms with Crippen molar-refractivity contribution in [3.05, 3.63) is 95.6 Å². The highest BCUT2D eigenvalue weighted by Gasteiger charge is 2.16. The first kappa shape index (κ1) is 46.9. The van der Waals surface area contributed by atoms with Gasteiger partial charge in [-0.25, -0.2) is 0 Å². The van der Waals surface area contributed by atoms with E-state index in [9.17, 15) is 8.42 Å². The van der Waals surface area contributed by atoms with E-state index in [0.29, 0.717) is 104 Å². The number of rotatable bonds is 31. The molecule has 0 radical (unpaired) electrons. The minimum Gasteiger partial charge on any atom is -0.491 e. The van der Waals surface area contributed by atoms with Crippen LogP contribution in [0.15, 0.2) is 83.8 Å². The highest BCUT2D eigenvalue weighted by atomic mass is 32.2. The van der Waals surface area contributed by atoms with Gasteiger partial charge in [0.05, 0.1) is 90.8 Å². The molecule has 0 aliphatic heterocycles. The molecule has 0 fully saturated rings. The summed E-state index contributed by atoms with van der Waals surface area (Å²) in [4.78, 5) is 0.125. The van der Waals surface area contributed by atoms with Gasteiger partial charge >= 0.3 is 0 Å². The van der Waals surface area contributed by atoms with Crippen molar-refractivity contribution in [1.29, 1.82) is 0 Å². The lowest BCUT2D eigenvalue weighted by Crippen LogP contribution is -2.15. The largest absolute Gasteiger partial charge is 0.491 e. The van der Waals surface area contributed by atoms with Crippen LogP contribution in [-0.2, 0) is 42.7 Å². The number of hydrogen-bond donors (Lipinski definition) is 0. The van der Waals surface area contributed by atoms with Crippen LogP contribution in [0.1, 0.15) is 56.2 Å². The van der Waals surface area contributed by atoms with E-state index in [4.69, 9.17) is 46.8 Å². The van der Waals surface area contributed by atoms with Crippen LogP contribution in [0, 0.1) is 6.92 Å². The Morgan fingerprint density at radius 1 is 0.431 bits per heavy atom. The van der Waals surface area contributed by atoms with Gasteiger partial charge in [-0.05, 0) is 54.2 Å². The fourth-order valence-corrected chi connectivity index (χ4v) is 6.73. The van der Waals surface area contributed by atoms with E-state index < -0.39 is 10.1 Å². The number of hydrogen-bond acceptors (Lipinski definition) is 12. The fourth-order valence-electron chi connectivity index (χ4n) is 5.84. The van der Waals surface area contributed by atoms with Crippen molar-refractivity contribution < 1.29 is 55.2 Å². The summed E-state index contributed by atoms with van der Waals surface area (Å²) in [5.74, 6) is 3.28. The average Bonchev–Trinajstić information content (AvgIpc) is 3.21. The van der Waals surface area contributed by atoms with Crippen LogP contribution < -0.4 is 14.2 Å². The third-order valence-electron chi connectivity index (χ3n) is 8.87. The van der Waals surface area contributed by atoms with E-state index in [1.165, 1.54) is 23.3 Å². The molecule has 0 N–H and O–H groups in total. The van der Waals surface area contributed by atoms with Gasteiger partial charge in [0.1, 0.15) is 37.1 Å². The number of para-hydroxylation sites is 1. The number of benzene rings is 4. The van der Waals surface area contributed by atoms with Gasteiger partial charge in [-0.15, -0.1) is 0 Å². The maximum absolute atomic E-state index is 12.2. The smallest absolute Gasteiger partial charge is 0.297 e. The fraction of sp³-hybridized carbons (Fsp3) is 0.511. The predicted octanol–water partition coefficient (Wildman–Crippen LogP) is 7.74. The second-order valence-electron chi connectivity index (χ2n) is 14.0. The molecule has 0 bridgehead atoms. The number of aryl methyl sites for hydroxylation is 1. The van der Waals surface area contributed by atoms with Crippen molar-refractivity contribution in [2.75, 3.05) is 106 Å². The first-order chi connectivity index (χ1) is 28.2. The summed E-state index contributed by atoms with van der Waals surface area (Å²) in [6.07, 6.45) is 0. The van der Waals surface area contributed by atoms with Gasteiger partial charge in [0.15, 0.2) is 0 Å². The van der Waals surface area contributed by atoms with E-state index in [1.807, 2.05) is 43.3 Å². The number of ether oxygens (including phenoxy) is 9. The Balaban J connectivity index is 0.980. The van der Waals surface area contributed by atoms with Gasteiger partial charge in [-0.2, -0.15) is 8.42 Å². The van der Waals surface area contributed by atoms with Crippen molar-refractivity contribution in [2.45, 2.75) is 51.3 Å². The Morgan fingerprint density at radius 3 is 1.21 bits per heavy atom. The van der Waals surface area contributed by atoms with Crippen LogP contribution >= 0.6 is 0 Å². The maximum Gasteiger partial charge on any atom is 0.297 e. The zero-order chi connectivity index (χ0) is 41.4. The molecular formula is C45H62O12S. The van der Waals surface area contributed by atoms with Gasteiger partial charge in [-0.3, -0.25) is 4.18 Å². The van der Waals surface area contributed by atoms with Crippen molar-refractivity contribution >= 4 is 20.9 Å². The Morgan fingerprint density at radius 2 is 0.793 bits per heavy atom. The summed E-state index contributed by atoms with van der Waals surface area (Å²) in [5, 5.41) is 1.90. The lowest BCUT2D eigenvalue weighted by atomic mass is 9.94. The molecular weight excluding hydrogens is 765 g/mol. The topological polar surface area (TPSA) is 126 Å². The molecule has 12 nitrogen and oxygen atoms in total. The van der Waals surface area contributed by atoms with Crippen LogP contribution in [0.3, 0.4) is 0 Å². The maximum atomic E-state index is 12.2. The molecule has 13 heteroatoms. The molecule has 58 heavy (non-hydrogen) atoms. The highest BCUT2D eigenvalue weighted by molar-refractivity contribution is 7.86. The lowest BCUT2D eigenvalue weighted by molar-refractivity contribution is 0.00495. The monoisotopic (exact) mass is 826 g/mol. The Kier molecular flexibility index (Phi) is 21.3. The normalized spacial score (nSPS) is 11.8. The summed E-state index contributed by atoms with van der Waals surface area (Å²) in [7, 11) is -3.79. The van der Waals surface area contributed by atoms with E-state index in [2.05, 4.69) is 45.9 Å². The van der Waals surface area contributed by atoms with Gasteiger partial charge in [0, 0.05) is 10.8 Å². The second kappa shape index (κ2) is 26.3. The van der Waals surface area contributed by atoms with Crippen molar-refractivity contribution in [3.63, 3.8) is 0 Å². The zero-order valence-corrected chi connectivity index (χ0v) is 35.6. The molecule has 0 heterocycles. The quantitative estimate of drug-likeness (QED) is 0.0364. The summed E-state index contributed by atoms with van der Waals surface area (Å²) < 4.78 is 81.3. The molecule has 0 saturated carbocycles. The van der Waals surface area contributed by atoms with Crippen molar-refractivity contribution in [2.24, 2.45) is 0 Å². The Hall–Kier alpha value is -3.79. The highest BCUT2D eigenvalue weighted by Crippen LogP contribution is 2.35. The summed E-state index contributed by atoms with van der Waals surface area (Å²) in [6.45, 7) is 16.7. The molecule has 0 saturated heterocycles. The molecule has 4 aromatic carbocycles.